The van der Waals surface area contributed by atoms with Crippen LogP contribution in [0.15, 0.2) is 53.4 Å². The molecule has 0 radical (unpaired) electrons. The first-order valence-corrected chi connectivity index (χ1v) is 19.5. The number of halogens is 1. The van der Waals surface area contributed by atoms with Crippen molar-refractivity contribution in [2.75, 3.05) is 11.6 Å². The Balaban J connectivity index is 1.65. The molecule has 3 amide bonds. The zero-order chi connectivity index (χ0) is 33.1. The van der Waals surface area contributed by atoms with Gasteiger partial charge >= 0.3 is 0 Å². The average molecular weight is 698 g/mol. The molecule has 1 aliphatic heterocycles. The molecule has 10 nitrogen and oxygen atoms in total. The second-order valence-electron chi connectivity index (χ2n) is 11.4. The van der Waals surface area contributed by atoms with E-state index >= 15 is 0 Å². The van der Waals surface area contributed by atoms with E-state index in [2.05, 4.69) is 16.0 Å². The number of hydrogen-bond acceptors (Lipinski definition) is 8. The summed E-state index contributed by atoms with van der Waals surface area (Å²) in [5, 5.41) is 8.15. The van der Waals surface area contributed by atoms with Crippen LogP contribution in [0.3, 0.4) is 0 Å². The molecule has 14 heteroatoms. The maximum absolute atomic E-state index is 13.4. The van der Waals surface area contributed by atoms with Crippen LogP contribution >= 0.6 is 22.4 Å². The Hall–Kier alpha value is -2.74. The van der Waals surface area contributed by atoms with E-state index in [-0.39, 0.29) is 34.8 Å². The minimum Gasteiger partial charge on any atom is -0.344 e. The van der Waals surface area contributed by atoms with Crippen LogP contribution < -0.4 is 16.0 Å². The lowest BCUT2D eigenvalue weighted by Crippen LogP contribution is -2.56. The highest BCUT2D eigenvalue weighted by Gasteiger charge is 2.32. The minimum atomic E-state index is -3.92. The number of rotatable bonds is 16. The third-order valence-corrected chi connectivity index (χ3v) is 12.8. The van der Waals surface area contributed by atoms with Gasteiger partial charge in [-0.05, 0) is 61.9 Å². The van der Waals surface area contributed by atoms with Gasteiger partial charge in [0.1, 0.15) is 18.0 Å². The first-order valence-electron chi connectivity index (χ1n) is 14.8. The fourth-order valence-electron chi connectivity index (χ4n) is 4.69. The first kappa shape index (κ1) is 36.7. The van der Waals surface area contributed by atoms with Crippen molar-refractivity contribution < 1.29 is 31.8 Å². The summed E-state index contributed by atoms with van der Waals surface area (Å²) in [6.45, 7) is 5.30. The maximum Gasteiger partial charge on any atom is 0.290 e. The van der Waals surface area contributed by atoms with Gasteiger partial charge in [-0.25, -0.2) is 12.6 Å². The van der Waals surface area contributed by atoms with Crippen molar-refractivity contribution in [3.05, 3.63) is 64.7 Å². The monoisotopic (exact) mass is 697 g/mol. The van der Waals surface area contributed by atoms with Crippen LogP contribution in [0.25, 0.3) is 0 Å². The second-order valence-corrected chi connectivity index (χ2v) is 17.3. The predicted octanol–water partition coefficient (Wildman–Crippen LogP) is 3.66. The van der Waals surface area contributed by atoms with Gasteiger partial charge in [-0.3, -0.25) is 19.2 Å². The van der Waals surface area contributed by atoms with Gasteiger partial charge in [-0.15, -0.1) is 0 Å². The fourth-order valence-corrected chi connectivity index (χ4v) is 9.35. The molecule has 0 aromatic heterocycles. The molecule has 246 valence electrons. The summed E-state index contributed by atoms with van der Waals surface area (Å²) in [6.07, 6.45) is 3.14. The number of ketones is 1. The summed E-state index contributed by atoms with van der Waals surface area (Å²) in [4.78, 5) is 52.3. The van der Waals surface area contributed by atoms with Crippen LogP contribution in [0.4, 0.5) is 0 Å². The van der Waals surface area contributed by atoms with Crippen molar-refractivity contribution in [2.45, 2.75) is 81.5 Å². The molecule has 3 N–H and O–H groups in total. The molecule has 45 heavy (non-hydrogen) atoms. The number of aryl methyl sites for hydroxylation is 1. The van der Waals surface area contributed by atoms with Crippen molar-refractivity contribution in [1.82, 2.24) is 16.0 Å². The van der Waals surface area contributed by atoms with Crippen LogP contribution in [0.1, 0.15) is 57.1 Å². The largest absolute Gasteiger partial charge is 0.344 e. The van der Waals surface area contributed by atoms with Crippen molar-refractivity contribution in [1.29, 1.82) is 0 Å². The Kier molecular flexibility index (Phi) is 14.1. The number of carbonyl (C=O) groups excluding carboxylic acids is 4. The highest BCUT2D eigenvalue weighted by atomic mass is 35.5. The molecular weight excluding hydrogens is 658 g/mol. The number of benzene rings is 2. The van der Waals surface area contributed by atoms with E-state index in [1.165, 1.54) is 22.9 Å². The Bertz CT molecular complexity index is 1480. The number of unbranched alkanes of at least 4 members (excludes halogenated alkanes) is 1. The van der Waals surface area contributed by atoms with Crippen LogP contribution in [-0.4, -0.2) is 65.1 Å². The number of Topliss-reactive ketones (excluding diaryl/α,β-unsaturated/α-hetero) is 1. The summed E-state index contributed by atoms with van der Waals surface area (Å²) >= 11 is 5.99. The molecule has 2 aromatic carbocycles. The maximum atomic E-state index is 13.4. The minimum absolute atomic E-state index is 0.00473. The SMILES string of the molecule is Cc1ccc(S(=O)(=O)CNC(=O)C(=O)[C@H](Cc2ccc(Cl)cc2)NC(=O)C(NC(=O)CCCCC2CCSS2=O)C(C)C)cc1. The Labute approximate surface area is 276 Å². The molecule has 1 fully saturated rings. The Morgan fingerprint density at radius 3 is 2.27 bits per heavy atom. The van der Waals surface area contributed by atoms with Gasteiger partial charge < -0.3 is 16.0 Å². The molecule has 1 saturated heterocycles. The number of hydrogen-bond donors (Lipinski definition) is 3. The van der Waals surface area contributed by atoms with Crippen molar-refractivity contribution >= 4 is 65.6 Å². The topological polar surface area (TPSA) is 156 Å². The highest BCUT2D eigenvalue weighted by molar-refractivity contribution is 8.69. The lowest BCUT2D eigenvalue weighted by molar-refractivity contribution is -0.140. The molecule has 1 heterocycles. The standard InChI is InChI=1S/C31H40ClN3O7S3/c1-20(2)28(35-27(36)7-5-4-6-24-16-17-43-44(24)40)30(38)34-26(18-22-10-12-23(32)13-11-22)29(37)31(39)33-19-45(41,42)25-14-8-21(3)9-15-25/h8-15,20,24,26,28H,4-7,16-19H2,1-3H3,(H,33,39)(H,34,38)(H,35,36)/t24?,26-,28?,44?/m0/s1. The van der Waals surface area contributed by atoms with Crippen molar-refractivity contribution in [3.8, 4) is 0 Å². The fraction of sp³-hybridized carbons (Fsp3) is 0.484. The molecule has 3 rings (SSSR count). The molecule has 0 bridgehead atoms. The average Bonchev–Trinajstić information content (AvgIpc) is 3.41. The van der Waals surface area contributed by atoms with E-state index in [1.807, 2.05) is 6.92 Å². The van der Waals surface area contributed by atoms with E-state index in [4.69, 9.17) is 11.6 Å². The third-order valence-electron chi connectivity index (χ3n) is 7.37. The molecular formula is C31H40ClN3O7S3. The molecule has 0 saturated carbocycles. The first-order chi connectivity index (χ1) is 21.3. The zero-order valence-corrected chi connectivity index (χ0v) is 28.8. The Morgan fingerprint density at radius 2 is 1.67 bits per heavy atom. The van der Waals surface area contributed by atoms with Gasteiger partial charge in [0.05, 0.1) is 14.7 Å². The van der Waals surface area contributed by atoms with Gasteiger partial charge in [0.2, 0.25) is 17.6 Å². The van der Waals surface area contributed by atoms with E-state index in [0.717, 1.165) is 30.6 Å². The summed E-state index contributed by atoms with van der Waals surface area (Å²) in [5.74, 6) is -3.44. The number of amides is 3. The lowest BCUT2D eigenvalue weighted by atomic mass is 9.99. The third kappa shape index (κ3) is 11.5. The van der Waals surface area contributed by atoms with Gasteiger partial charge in [0.25, 0.3) is 5.91 Å². The Morgan fingerprint density at radius 1 is 1.00 bits per heavy atom. The van der Waals surface area contributed by atoms with Crippen LogP contribution in [0.5, 0.6) is 0 Å². The van der Waals surface area contributed by atoms with E-state index in [9.17, 15) is 31.8 Å². The lowest BCUT2D eigenvalue weighted by Gasteiger charge is -2.25. The smallest absolute Gasteiger partial charge is 0.290 e. The molecule has 0 aliphatic carbocycles. The summed E-state index contributed by atoms with van der Waals surface area (Å²) in [5.41, 5.74) is 1.46. The van der Waals surface area contributed by atoms with Crippen molar-refractivity contribution in [2.24, 2.45) is 5.92 Å². The number of nitrogens with one attached hydrogen (secondary N) is 3. The van der Waals surface area contributed by atoms with Gasteiger partial charge in [0, 0.05) is 28.9 Å². The van der Waals surface area contributed by atoms with E-state index in [0.29, 0.717) is 17.0 Å². The molecule has 1 aliphatic rings. The second kappa shape index (κ2) is 17.3. The van der Waals surface area contributed by atoms with E-state index < -0.39 is 55.2 Å². The summed E-state index contributed by atoms with van der Waals surface area (Å²) in [6, 6.07) is 10.3. The van der Waals surface area contributed by atoms with Gasteiger partial charge in [0.15, 0.2) is 9.84 Å². The normalized spacial score (nSPS) is 17.8. The quantitative estimate of drug-likeness (QED) is 0.136. The molecule has 4 atom stereocenters. The van der Waals surface area contributed by atoms with Crippen LogP contribution in [-0.2, 0) is 45.3 Å². The van der Waals surface area contributed by atoms with Gasteiger partial charge in [-0.2, -0.15) is 0 Å². The predicted molar refractivity (Wildman–Crippen MR) is 178 cm³/mol. The molecule has 3 unspecified atom stereocenters. The summed E-state index contributed by atoms with van der Waals surface area (Å²) in [7, 11) is -3.33. The summed E-state index contributed by atoms with van der Waals surface area (Å²) < 4.78 is 37.4. The highest BCUT2D eigenvalue weighted by Crippen LogP contribution is 2.29. The van der Waals surface area contributed by atoms with Gasteiger partial charge in [-0.1, -0.05) is 72.5 Å². The number of carbonyl (C=O) groups is 4. The molecule has 0 spiro atoms. The number of sulfone groups is 1. The zero-order valence-electron chi connectivity index (χ0n) is 25.5. The van der Waals surface area contributed by atoms with Crippen LogP contribution in [0, 0.1) is 12.8 Å². The molecule has 2 aromatic rings. The van der Waals surface area contributed by atoms with Crippen LogP contribution in [0.2, 0.25) is 5.02 Å². The van der Waals surface area contributed by atoms with Crippen molar-refractivity contribution in [3.63, 3.8) is 0 Å². The van der Waals surface area contributed by atoms with E-state index in [1.54, 1.807) is 50.2 Å².